The maximum atomic E-state index is 12.6. The number of aromatic nitrogens is 2. The third-order valence-corrected chi connectivity index (χ3v) is 4.28. The lowest BCUT2D eigenvalue weighted by Gasteiger charge is -2.09. The fourth-order valence-corrected chi connectivity index (χ4v) is 3.13. The van der Waals surface area contributed by atoms with Gasteiger partial charge in [-0.1, -0.05) is 5.92 Å². The molecule has 2 heterocycles. The van der Waals surface area contributed by atoms with Gasteiger partial charge in [-0.15, -0.1) is 17.8 Å². The summed E-state index contributed by atoms with van der Waals surface area (Å²) >= 11 is 1.00. The van der Waals surface area contributed by atoms with Crippen LogP contribution in [0.1, 0.15) is 21.1 Å². The molecule has 0 atom stereocenters. The summed E-state index contributed by atoms with van der Waals surface area (Å²) in [5.41, 5.74) is 0.134. The summed E-state index contributed by atoms with van der Waals surface area (Å²) in [5.74, 6) is 1.87. The van der Waals surface area contributed by atoms with E-state index >= 15 is 0 Å². The summed E-state index contributed by atoms with van der Waals surface area (Å²) < 4.78 is 6.40. The Morgan fingerprint density at radius 3 is 2.86 bits per heavy atom. The molecule has 1 N–H and O–H groups in total. The highest BCUT2D eigenvalue weighted by molar-refractivity contribution is 7.20. The Bertz CT molecular complexity index is 798. The number of methoxy groups -OCH3 is 1. The molecule has 0 aliphatic rings. The zero-order valence-corrected chi connectivity index (χ0v) is 12.5. The van der Waals surface area contributed by atoms with Crippen LogP contribution in [-0.2, 0) is 17.7 Å². The second-order valence-electron chi connectivity index (χ2n) is 4.41. The Hall–Kier alpha value is -2.17. The van der Waals surface area contributed by atoms with Gasteiger partial charge in [0.05, 0.1) is 18.5 Å². The van der Waals surface area contributed by atoms with Crippen molar-refractivity contribution in [1.82, 2.24) is 9.55 Å². The van der Waals surface area contributed by atoms with Gasteiger partial charge in [0.15, 0.2) is 0 Å². The summed E-state index contributed by atoms with van der Waals surface area (Å²) in [4.78, 5) is 28.7. The summed E-state index contributed by atoms with van der Waals surface area (Å²) in [5, 5.41) is 9.49. The lowest BCUT2D eigenvalue weighted by atomic mass is 10.2. The van der Waals surface area contributed by atoms with Crippen molar-refractivity contribution in [2.24, 2.45) is 0 Å². The van der Waals surface area contributed by atoms with Crippen LogP contribution < -0.4 is 5.56 Å². The van der Waals surface area contributed by atoms with Gasteiger partial charge in [0.25, 0.3) is 5.56 Å². The van der Waals surface area contributed by atoms with Gasteiger partial charge in [-0.3, -0.25) is 9.36 Å². The lowest BCUT2D eigenvalue weighted by Crippen LogP contribution is -2.25. The lowest BCUT2D eigenvalue weighted by molar-refractivity contribution is 0.0701. The highest BCUT2D eigenvalue weighted by Gasteiger charge is 2.20. The molecule has 0 spiro atoms. The highest BCUT2D eigenvalue weighted by atomic mass is 32.1. The van der Waals surface area contributed by atoms with Crippen LogP contribution in [0.5, 0.6) is 0 Å². The van der Waals surface area contributed by atoms with E-state index in [1.807, 2.05) is 0 Å². The molecular weight excluding hydrogens is 292 g/mol. The van der Waals surface area contributed by atoms with E-state index in [0.29, 0.717) is 34.6 Å². The second-order valence-corrected chi connectivity index (χ2v) is 5.41. The molecule has 0 saturated carbocycles. The number of hydrogen-bond acceptors (Lipinski definition) is 5. The number of thiophene rings is 1. The van der Waals surface area contributed by atoms with Gasteiger partial charge in [-0.05, 0) is 12.5 Å². The van der Waals surface area contributed by atoms with Crippen molar-refractivity contribution >= 4 is 27.5 Å². The number of aryl methyl sites for hydroxylation is 1. The van der Waals surface area contributed by atoms with Gasteiger partial charge in [0.2, 0.25) is 0 Å². The smallest absolute Gasteiger partial charge is 0.346 e. The molecule has 0 amide bonds. The van der Waals surface area contributed by atoms with Crippen molar-refractivity contribution in [1.29, 1.82) is 0 Å². The Kier molecular flexibility index (Phi) is 4.40. The van der Waals surface area contributed by atoms with Crippen LogP contribution in [0.15, 0.2) is 4.79 Å². The van der Waals surface area contributed by atoms with Crippen LogP contribution in [0.25, 0.3) is 10.2 Å². The number of carboxylic acids is 1. The molecule has 0 saturated heterocycles. The number of carbonyl (C=O) groups is 1. The first-order valence-electron chi connectivity index (χ1n) is 6.19. The Morgan fingerprint density at radius 1 is 1.57 bits per heavy atom. The Morgan fingerprint density at radius 2 is 2.29 bits per heavy atom. The first kappa shape index (κ1) is 15.2. The fraction of sp³-hybridized carbons (Fsp3) is 0.357. The minimum absolute atomic E-state index is 0.0957. The minimum atomic E-state index is -1.06. The van der Waals surface area contributed by atoms with E-state index in [4.69, 9.17) is 16.3 Å². The summed E-state index contributed by atoms with van der Waals surface area (Å²) in [7, 11) is 1.56. The quantitative estimate of drug-likeness (QED) is 0.842. The topological polar surface area (TPSA) is 81.4 Å². The molecule has 7 heteroatoms. The maximum absolute atomic E-state index is 12.6. The molecule has 0 aromatic carbocycles. The number of ether oxygens (including phenoxy) is 1. The molecule has 6 nitrogen and oxygen atoms in total. The van der Waals surface area contributed by atoms with Gasteiger partial charge in [-0.25, -0.2) is 9.78 Å². The van der Waals surface area contributed by atoms with E-state index in [1.165, 1.54) is 4.57 Å². The molecule has 0 aliphatic heterocycles. The van der Waals surface area contributed by atoms with E-state index in [-0.39, 0.29) is 17.0 Å². The number of aromatic carboxylic acids is 1. The van der Waals surface area contributed by atoms with Crippen LogP contribution in [0.2, 0.25) is 0 Å². The molecule has 0 bridgehead atoms. The highest BCUT2D eigenvalue weighted by Crippen LogP contribution is 2.27. The molecule has 2 aromatic heterocycles. The largest absolute Gasteiger partial charge is 0.477 e. The molecule has 0 fully saturated rings. The van der Waals surface area contributed by atoms with E-state index in [2.05, 4.69) is 10.9 Å². The zero-order valence-electron chi connectivity index (χ0n) is 11.7. The monoisotopic (exact) mass is 306 g/mol. The summed E-state index contributed by atoms with van der Waals surface area (Å²) in [6.07, 6.45) is 5.74. The average molecular weight is 306 g/mol. The number of hydrogen-bond donors (Lipinski definition) is 1. The molecule has 2 aromatic rings. The minimum Gasteiger partial charge on any atom is -0.477 e. The van der Waals surface area contributed by atoms with Gasteiger partial charge < -0.3 is 9.84 Å². The molecule has 0 radical (unpaired) electrons. The van der Waals surface area contributed by atoms with E-state index < -0.39 is 5.97 Å². The van der Waals surface area contributed by atoms with E-state index in [0.717, 1.165) is 11.3 Å². The number of nitrogens with zero attached hydrogens (tertiary/aromatic N) is 2. The van der Waals surface area contributed by atoms with Gasteiger partial charge in [-0.2, -0.15) is 0 Å². The van der Waals surface area contributed by atoms with E-state index in [1.54, 1.807) is 14.0 Å². The molecule has 0 unspecified atom stereocenters. The second kappa shape index (κ2) is 6.08. The van der Waals surface area contributed by atoms with Crippen molar-refractivity contribution in [3.63, 3.8) is 0 Å². The number of rotatable bonds is 5. The summed E-state index contributed by atoms with van der Waals surface area (Å²) in [6.45, 7) is 2.11. The predicted octanol–water partition coefficient (Wildman–Crippen LogP) is 1.29. The number of fused-ring (bicyclic) bond motifs is 1. The first-order valence-corrected chi connectivity index (χ1v) is 7.01. The fourth-order valence-electron chi connectivity index (χ4n) is 2.10. The average Bonchev–Trinajstić information content (AvgIpc) is 2.77. The standard InChI is InChI=1S/C14H14N2O4S/c1-4-6-16-9(5-7-20-3)15-12-10(13(16)17)8(2)11(21-12)14(18)19/h1H,5-7H2,2-3H3,(H,18,19). The van der Waals surface area contributed by atoms with E-state index in [9.17, 15) is 9.59 Å². The third kappa shape index (κ3) is 2.68. The number of terminal acetylenes is 1. The molecular formula is C14H14N2O4S. The van der Waals surface area contributed by atoms with Gasteiger partial charge in [0, 0.05) is 13.5 Å². The van der Waals surface area contributed by atoms with Crippen molar-refractivity contribution < 1.29 is 14.6 Å². The molecule has 21 heavy (non-hydrogen) atoms. The normalized spacial score (nSPS) is 10.7. The maximum Gasteiger partial charge on any atom is 0.346 e. The number of carboxylic acid groups (broad SMARTS) is 1. The first-order chi connectivity index (χ1) is 10.0. The van der Waals surface area contributed by atoms with Gasteiger partial charge >= 0.3 is 5.97 Å². The molecule has 110 valence electrons. The predicted molar refractivity (Wildman–Crippen MR) is 80.0 cm³/mol. The Labute approximate surface area is 125 Å². The van der Waals surface area contributed by atoms with Crippen LogP contribution in [-0.4, -0.2) is 34.3 Å². The zero-order chi connectivity index (χ0) is 15.6. The van der Waals surface area contributed by atoms with Crippen LogP contribution >= 0.6 is 11.3 Å². The Balaban J connectivity index is 2.75. The van der Waals surface area contributed by atoms with Crippen LogP contribution in [0, 0.1) is 19.3 Å². The summed E-state index contributed by atoms with van der Waals surface area (Å²) in [6, 6.07) is 0. The van der Waals surface area contributed by atoms with Crippen molar-refractivity contribution in [3.05, 3.63) is 26.6 Å². The van der Waals surface area contributed by atoms with Crippen LogP contribution in [0.3, 0.4) is 0 Å². The molecule has 0 aliphatic carbocycles. The van der Waals surface area contributed by atoms with Crippen molar-refractivity contribution in [3.8, 4) is 12.3 Å². The van der Waals surface area contributed by atoms with Crippen molar-refractivity contribution in [2.45, 2.75) is 19.9 Å². The SMILES string of the molecule is C#CCn1c(CCOC)nc2sc(C(=O)O)c(C)c2c1=O. The van der Waals surface area contributed by atoms with Crippen LogP contribution in [0.4, 0.5) is 0 Å². The van der Waals surface area contributed by atoms with Gasteiger partial charge in [0.1, 0.15) is 15.5 Å². The van der Waals surface area contributed by atoms with Crippen molar-refractivity contribution in [2.75, 3.05) is 13.7 Å². The third-order valence-electron chi connectivity index (χ3n) is 3.10. The molecule has 2 rings (SSSR count).